The van der Waals surface area contributed by atoms with Gasteiger partial charge in [0.05, 0.1) is 17.9 Å². The van der Waals surface area contributed by atoms with E-state index in [1.165, 1.54) is 0 Å². The number of anilines is 1. The van der Waals surface area contributed by atoms with Crippen LogP contribution < -0.4 is 10.5 Å². The molecule has 5 heteroatoms. The van der Waals surface area contributed by atoms with Crippen LogP contribution in [0, 0.1) is 0 Å². The van der Waals surface area contributed by atoms with Gasteiger partial charge in [-0.25, -0.2) is 4.98 Å². The molecule has 0 saturated carbocycles. The highest BCUT2D eigenvalue weighted by Gasteiger charge is 2.09. The number of nitrogens with two attached hydrogens (primary N) is 1. The van der Waals surface area contributed by atoms with Gasteiger partial charge in [-0.15, -0.1) is 0 Å². The molecule has 0 saturated heterocycles. The van der Waals surface area contributed by atoms with Crippen LogP contribution in [-0.4, -0.2) is 23.2 Å². The molecular weight excluding hydrogens is 266 g/mol. The summed E-state index contributed by atoms with van der Waals surface area (Å²) >= 11 is 0. The summed E-state index contributed by atoms with van der Waals surface area (Å²) in [5, 5.41) is 0. The lowest BCUT2D eigenvalue weighted by molar-refractivity contribution is 0.119. The van der Waals surface area contributed by atoms with Crippen molar-refractivity contribution in [1.82, 2.24) is 9.97 Å². The van der Waals surface area contributed by atoms with Gasteiger partial charge >= 0.3 is 0 Å². The van der Waals surface area contributed by atoms with E-state index in [4.69, 9.17) is 15.2 Å². The fourth-order valence-electron chi connectivity index (χ4n) is 1.95. The van der Waals surface area contributed by atoms with Crippen molar-refractivity contribution in [3.05, 3.63) is 35.9 Å². The summed E-state index contributed by atoms with van der Waals surface area (Å²) in [6.07, 6.45) is 0.103. The van der Waals surface area contributed by atoms with E-state index in [1.54, 1.807) is 13.2 Å². The molecular formula is C16H21N3O2. The molecule has 2 rings (SSSR count). The van der Waals surface area contributed by atoms with Gasteiger partial charge in [0, 0.05) is 18.7 Å². The number of nitrogen functional groups attached to an aromatic ring is 1. The summed E-state index contributed by atoms with van der Waals surface area (Å²) in [7, 11) is 1.69. The zero-order valence-electron chi connectivity index (χ0n) is 12.8. The Morgan fingerprint density at radius 2 is 1.71 bits per heavy atom. The first-order valence-corrected chi connectivity index (χ1v) is 6.94. The molecule has 0 aliphatic carbocycles. The minimum absolute atomic E-state index is 0.0390. The van der Waals surface area contributed by atoms with Crippen LogP contribution in [0.2, 0.25) is 0 Å². The van der Waals surface area contributed by atoms with Gasteiger partial charge in [-0.3, -0.25) is 0 Å². The second-order valence-electron chi connectivity index (χ2n) is 5.12. The van der Waals surface area contributed by atoms with Crippen LogP contribution in [-0.2, 0) is 4.74 Å². The third-order valence-electron chi connectivity index (χ3n) is 3.11. The van der Waals surface area contributed by atoms with Gasteiger partial charge in [0.1, 0.15) is 0 Å². The third-order valence-corrected chi connectivity index (χ3v) is 3.11. The molecule has 0 bridgehead atoms. The molecule has 1 unspecified atom stereocenters. The molecule has 5 nitrogen and oxygen atoms in total. The Balaban J connectivity index is 2.30. The maximum atomic E-state index is 5.75. The van der Waals surface area contributed by atoms with Crippen molar-refractivity contribution in [1.29, 1.82) is 0 Å². The fourth-order valence-corrected chi connectivity index (χ4v) is 1.95. The first-order chi connectivity index (χ1) is 9.99. The van der Waals surface area contributed by atoms with Crippen LogP contribution in [0.25, 0.3) is 11.3 Å². The van der Waals surface area contributed by atoms with Crippen molar-refractivity contribution >= 4 is 5.95 Å². The Labute approximate surface area is 125 Å². The van der Waals surface area contributed by atoms with Crippen LogP contribution in [0.5, 0.6) is 5.88 Å². The predicted molar refractivity (Wildman–Crippen MR) is 83.1 cm³/mol. The van der Waals surface area contributed by atoms with Crippen molar-refractivity contribution in [2.75, 3.05) is 12.8 Å². The number of hydrogen-bond donors (Lipinski definition) is 1. The lowest BCUT2D eigenvalue weighted by Crippen LogP contribution is -2.08. The van der Waals surface area contributed by atoms with Gasteiger partial charge in [-0.2, -0.15) is 4.98 Å². The molecule has 0 spiro atoms. The summed E-state index contributed by atoms with van der Waals surface area (Å²) < 4.78 is 10.9. The second-order valence-corrected chi connectivity index (χ2v) is 5.12. The summed E-state index contributed by atoms with van der Waals surface area (Å²) in [6.45, 7) is 5.89. The van der Waals surface area contributed by atoms with E-state index >= 15 is 0 Å². The smallest absolute Gasteiger partial charge is 0.223 e. The van der Waals surface area contributed by atoms with Crippen molar-refractivity contribution in [2.24, 2.45) is 0 Å². The summed E-state index contributed by atoms with van der Waals surface area (Å²) in [4.78, 5) is 8.34. The fraction of sp³-hybridized carbons (Fsp3) is 0.375. The molecule has 0 fully saturated rings. The van der Waals surface area contributed by atoms with E-state index in [0.29, 0.717) is 5.88 Å². The van der Waals surface area contributed by atoms with E-state index in [2.05, 4.69) is 9.97 Å². The van der Waals surface area contributed by atoms with E-state index in [0.717, 1.165) is 16.8 Å². The molecule has 1 aromatic heterocycles. The first kappa shape index (κ1) is 15.3. The molecule has 0 radical (unpaired) electrons. The predicted octanol–water partition coefficient (Wildman–Crippen LogP) is 3.22. The van der Waals surface area contributed by atoms with E-state index in [1.807, 2.05) is 45.0 Å². The number of methoxy groups -OCH3 is 1. The number of aromatic nitrogens is 2. The van der Waals surface area contributed by atoms with Crippen molar-refractivity contribution in [3.63, 3.8) is 0 Å². The third kappa shape index (κ3) is 3.92. The quantitative estimate of drug-likeness (QED) is 0.914. The van der Waals surface area contributed by atoms with Crippen LogP contribution >= 0.6 is 0 Å². The first-order valence-electron chi connectivity index (χ1n) is 6.94. The average molecular weight is 287 g/mol. The van der Waals surface area contributed by atoms with Gasteiger partial charge in [-0.1, -0.05) is 24.3 Å². The highest BCUT2D eigenvalue weighted by atomic mass is 16.5. The monoisotopic (exact) mass is 287 g/mol. The standard InChI is InChI=1S/C16H21N3O2/c1-10(2)21-15-9-14(18-16(17)19-15)13-7-5-12(6-8-13)11(3)20-4/h5-11H,1-4H3,(H2,17,18,19). The normalized spacial score (nSPS) is 12.4. The van der Waals surface area contributed by atoms with Crippen LogP contribution in [0.3, 0.4) is 0 Å². The van der Waals surface area contributed by atoms with Crippen molar-refractivity contribution < 1.29 is 9.47 Å². The van der Waals surface area contributed by atoms with Crippen LogP contribution in [0.4, 0.5) is 5.95 Å². The largest absolute Gasteiger partial charge is 0.475 e. The van der Waals surface area contributed by atoms with Crippen molar-refractivity contribution in [3.8, 4) is 17.1 Å². The summed E-state index contributed by atoms with van der Waals surface area (Å²) in [5.74, 6) is 0.694. The Morgan fingerprint density at radius 1 is 1.05 bits per heavy atom. The minimum Gasteiger partial charge on any atom is -0.475 e. The number of ether oxygens (including phenoxy) is 2. The SMILES string of the molecule is COC(C)c1ccc(-c2cc(OC(C)C)nc(N)n2)cc1. The second kappa shape index (κ2) is 6.54. The number of hydrogen-bond acceptors (Lipinski definition) is 5. The maximum Gasteiger partial charge on any atom is 0.223 e. The Bertz CT molecular complexity index is 597. The Kier molecular flexibility index (Phi) is 4.75. The van der Waals surface area contributed by atoms with Crippen LogP contribution in [0.1, 0.15) is 32.4 Å². The molecule has 1 atom stereocenters. The molecule has 1 aromatic carbocycles. The number of rotatable bonds is 5. The molecule has 1 heterocycles. The lowest BCUT2D eigenvalue weighted by atomic mass is 10.1. The lowest BCUT2D eigenvalue weighted by Gasteiger charge is -2.12. The van der Waals surface area contributed by atoms with Crippen LogP contribution in [0.15, 0.2) is 30.3 Å². The maximum absolute atomic E-state index is 5.75. The highest BCUT2D eigenvalue weighted by Crippen LogP contribution is 2.24. The molecule has 21 heavy (non-hydrogen) atoms. The van der Waals surface area contributed by atoms with Crippen molar-refractivity contribution in [2.45, 2.75) is 33.0 Å². The molecule has 0 aliphatic rings. The number of benzene rings is 1. The van der Waals surface area contributed by atoms with Gasteiger partial charge in [0.2, 0.25) is 11.8 Å². The molecule has 112 valence electrons. The topological polar surface area (TPSA) is 70.3 Å². The summed E-state index contributed by atoms with van der Waals surface area (Å²) in [6, 6.07) is 9.82. The van der Waals surface area contributed by atoms with Gasteiger partial charge in [0.25, 0.3) is 0 Å². The zero-order chi connectivity index (χ0) is 15.4. The minimum atomic E-state index is 0.0390. The Morgan fingerprint density at radius 3 is 2.29 bits per heavy atom. The van der Waals surface area contributed by atoms with Gasteiger partial charge in [-0.05, 0) is 26.3 Å². The molecule has 2 N–H and O–H groups in total. The van der Waals surface area contributed by atoms with E-state index < -0.39 is 0 Å². The molecule has 0 aliphatic heterocycles. The zero-order valence-corrected chi connectivity index (χ0v) is 12.8. The highest BCUT2D eigenvalue weighted by molar-refractivity contribution is 5.61. The number of nitrogens with zero attached hydrogens (tertiary/aromatic N) is 2. The van der Waals surface area contributed by atoms with Gasteiger partial charge in [0.15, 0.2) is 0 Å². The average Bonchev–Trinajstić information content (AvgIpc) is 2.45. The van der Waals surface area contributed by atoms with Gasteiger partial charge < -0.3 is 15.2 Å². The molecule has 0 amide bonds. The Hall–Kier alpha value is -2.14. The molecule has 2 aromatic rings. The summed E-state index contributed by atoms with van der Waals surface area (Å²) in [5.41, 5.74) is 8.57. The van der Waals surface area contributed by atoms with E-state index in [9.17, 15) is 0 Å². The van der Waals surface area contributed by atoms with E-state index in [-0.39, 0.29) is 18.2 Å².